The number of halogens is 1. The molecule has 6 heteroatoms. The normalized spacial score (nSPS) is 11.5. The van der Waals surface area contributed by atoms with E-state index in [1.165, 1.54) is 6.20 Å². The number of anilines is 1. The molecule has 2 N–H and O–H groups in total. The zero-order valence-corrected chi connectivity index (χ0v) is 10.4. The summed E-state index contributed by atoms with van der Waals surface area (Å²) in [5, 5.41) is 0.112. The van der Waals surface area contributed by atoms with Crippen molar-refractivity contribution in [3.63, 3.8) is 0 Å². The SMILES string of the molecule is CC(C)(C)OCCOc1nc(Cl)ncc1N. The van der Waals surface area contributed by atoms with E-state index in [0.29, 0.717) is 18.9 Å². The van der Waals surface area contributed by atoms with Gasteiger partial charge in [-0.15, -0.1) is 0 Å². The molecule has 0 aliphatic rings. The predicted octanol–water partition coefficient (Wildman–Crippen LogP) is 1.91. The molecular weight excluding hydrogens is 230 g/mol. The zero-order chi connectivity index (χ0) is 12.2. The van der Waals surface area contributed by atoms with Crippen LogP contribution >= 0.6 is 11.6 Å². The number of nitrogen functional groups attached to an aromatic ring is 1. The molecule has 0 aromatic carbocycles. The first-order chi connectivity index (χ1) is 7.38. The fourth-order valence-electron chi connectivity index (χ4n) is 0.957. The van der Waals surface area contributed by atoms with Gasteiger partial charge in [0.25, 0.3) is 0 Å². The van der Waals surface area contributed by atoms with Gasteiger partial charge >= 0.3 is 0 Å². The van der Waals surface area contributed by atoms with Crippen LogP contribution in [0.1, 0.15) is 20.8 Å². The van der Waals surface area contributed by atoms with Gasteiger partial charge in [0.1, 0.15) is 12.3 Å². The van der Waals surface area contributed by atoms with E-state index in [2.05, 4.69) is 9.97 Å². The molecule has 0 saturated heterocycles. The van der Waals surface area contributed by atoms with E-state index < -0.39 is 0 Å². The maximum Gasteiger partial charge on any atom is 0.241 e. The number of nitrogens with zero attached hydrogens (tertiary/aromatic N) is 2. The highest BCUT2D eigenvalue weighted by molar-refractivity contribution is 6.28. The van der Waals surface area contributed by atoms with Crippen molar-refractivity contribution < 1.29 is 9.47 Å². The highest BCUT2D eigenvalue weighted by atomic mass is 35.5. The molecule has 1 aromatic heterocycles. The second kappa shape index (κ2) is 5.32. The molecule has 0 amide bonds. The first-order valence-corrected chi connectivity index (χ1v) is 5.31. The number of rotatable bonds is 4. The minimum absolute atomic E-state index is 0.112. The van der Waals surface area contributed by atoms with Crippen molar-refractivity contribution in [2.45, 2.75) is 26.4 Å². The van der Waals surface area contributed by atoms with E-state index in [-0.39, 0.29) is 16.8 Å². The lowest BCUT2D eigenvalue weighted by atomic mass is 10.2. The maximum atomic E-state index is 5.61. The summed E-state index contributed by atoms with van der Waals surface area (Å²) in [5.41, 5.74) is 5.79. The van der Waals surface area contributed by atoms with Crippen LogP contribution in [0.4, 0.5) is 5.69 Å². The van der Waals surface area contributed by atoms with Gasteiger partial charge in [0.2, 0.25) is 11.2 Å². The van der Waals surface area contributed by atoms with Gasteiger partial charge in [0.05, 0.1) is 18.4 Å². The minimum Gasteiger partial charge on any atom is -0.474 e. The van der Waals surface area contributed by atoms with Crippen molar-refractivity contribution in [3.05, 3.63) is 11.5 Å². The van der Waals surface area contributed by atoms with E-state index in [0.717, 1.165) is 0 Å². The fourth-order valence-corrected chi connectivity index (χ4v) is 1.08. The Morgan fingerprint density at radius 1 is 1.38 bits per heavy atom. The number of nitrogens with two attached hydrogens (primary N) is 1. The van der Waals surface area contributed by atoms with Crippen LogP contribution in [0.3, 0.4) is 0 Å². The van der Waals surface area contributed by atoms with Crippen LogP contribution < -0.4 is 10.5 Å². The third-order valence-corrected chi connectivity index (χ3v) is 1.79. The topological polar surface area (TPSA) is 70.3 Å². The van der Waals surface area contributed by atoms with Gasteiger partial charge < -0.3 is 15.2 Å². The van der Waals surface area contributed by atoms with E-state index in [1.807, 2.05) is 20.8 Å². The molecule has 0 fully saturated rings. The highest BCUT2D eigenvalue weighted by Crippen LogP contribution is 2.18. The molecule has 0 radical (unpaired) electrons. The van der Waals surface area contributed by atoms with Crippen LogP contribution in [0.25, 0.3) is 0 Å². The molecule has 0 aliphatic heterocycles. The first-order valence-electron chi connectivity index (χ1n) is 4.93. The zero-order valence-electron chi connectivity index (χ0n) is 9.66. The molecule has 1 heterocycles. The molecule has 1 aromatic rings. The van der Waals surface area contributed by atoms with Gasteiger partial charge in [0, 0.05) is 0 Å². The van der Waals surface area contributed by atoms with Crippen LogP contribution in [0, 0.1) is 0 Å². The standard InChI is InChI=1S/C10H16ClN3O2/c1-10(2,3)16-5-4-15-8-7(12)6-13-9(11)14-8/h6H,4-5,12H2,1-3H3. The van der Waals surface area contributed by atoms with Crippen molar-refractivity contribution in [1.82, 2.24) is 9.97 Å². The van der Waals surface area contributed by atoms with E-state index in [1.54, 1.807) is 0 Å². The highest BCUT2D eigenvalue weighted by Gasteiger charge is 2.10. The Hall–Kier alpha value is -1.07. The molecular formula is C10H16ClN3O2. The lowest BCUT2D eigenvalue weighted by Gasteiger charge is -2.19. The minimum atomic E-state index is -0.182. The lowest BCUT2D eigenvalue weighted by molar-refractivity contribution is -0.0167. The van der Waals surface area contributed by atoms with Crippen molar-refractivity contribution in [2.24, 2.45) is 0 Å². The quantitative estimate of drug-likeness (QED) is 0.648. The van der Waals surface area contributed by atoms with Crippen LogP contribution in [0.5, 0.6) is 5.88 Å². The molecule has 90 valence electrons. The van der Waals surface area contributed by atoms with Crippen molar-refractivity contribution in [3.8, 4) is 5.88 Å². The largest absolute Gasteiger partial charge is 0.474 e. The van der Waals surface area contributed by atoms with E-state index in [4.69, 9.17) is 26.8 Å². The molecule has 1 rings (SSSR count). The molecule has 0 bridgehead atoms. The number of ether oxygens (including phenoxy) is 2. The Morgan fingerprint density at radius 2 is 2.06 bits per heavy atom. The summed E-state index contributed by atoms with van der Waals surface area (Å²) in [6.07, 6.45) is 1.41. The summed E-state index contributed by atoms with van der Waals surface area (Å²) in [6.45, 7) is 6.76. The molecule has 0 spiro atoms. The Labute approximate surface area is 99.9 Å². The maximum absolute atomic E-state index is 5.61. The van der Waals surface area contributed by atoms with Crippen molar-refractivity contribution in [1.29, 1.82) is 0 Å². The summed E-state index contributed by atoms with van der Waals surface area (Å²) in [7, 11) is 0. The Kier molecular flexibility index (Phi) is 4.32. The van der Waals surface area contributed by atoms with E-state index in [9.17, 15) is 0 Å². The summed E-state index contributed by atoms with van der Waals surface area (Å²) in [5.74, 6) is 0.289. The van der Waals surface area contributed by atoms with E-state index >= 15 is 0 Å². The van der Waals surface area contributed by atoms with Crippen LogP contribution in [0.2, 0.25) is 5.28 Å². The number of hydrogen-bond donors (Lipinski definition) is 1. The average Bonchev–Trinajstić information content (AvgIpc) is 2.16. The molecule has 0 saturated carbocycles. The summed E-state index contributed by atoms with van der Waals surface area (Å²) >= 11 is 5.61. The molecule has 0 atom stereocenters. The first kappa shape index (κ1) is 13.0. The second-order valence-electron chi connectivity index (χ2n) is 4.21. The van der Waals surface area contributed by atoms with Crippen molar-refractivity contribution in [2.75, 3.05) is 18.9 Å². The molecule has 0 aliphatic carbocycles. The lowest BCUT2D eigenvalue weighted by Crippen LogP contribution is -2.22. The third-order valence-electron chi connectivity index (χ3n) is 1.61. The van der Waals surface area contributed by atoms with Crippen LogP contribution in [-0.4, -0.2) is 28.8 Å². The fraction of sp³-hybridized carbons (Fsp3) is 0.600. The monoisotopic (exact) mass is 245 g/mol. The Bertz CT molecular complexity index is 352. The summed E-state index contributed by atoms with van der Waals surface area (Å²) in [6, 6.07) is 0. The van der Waals surface area contributed by atoms with Crippen LogP contribution in [0.15, 0.2) is 6.20 Å². The van der Waals surface area contributed by atoms with Crippen molar-refractivity contribution >= 4 is 17.3 Å². The smallest absolute Gasteiger partial charge is 0.241 e. The van der Waals surface area contributed by atoms with Gasteiger partial charge in [-0.25, -0.2) is 4.98 Å². The van der Waals surface area contributed by atoms with Gasteiger partial charge in [-0.1, -0.05) is 0 Å². The summed E-state index contributed by atoms with van der Waals surface area (Å²) in [4.78, 5) is 7.58. The number of hydrogen-bond acceptors (Lipinski definition) is 5. The van der Waals surface area contributed by atoms with Crippen LogP contribution in [-0.2, 0) is 4.74 Å². The van der Waals surface area contributed by atoms with Gasteiger partial charge in [-0.05, 0) is 32.4 Å². The van der Waals surface area contributed by atoms with Gasteiger partial charge in [0.15, 0.2) is 0 Å². The molecule has 5 nitrogen and oxygen atoms in total. The predicted molar refractivity (Wildman–Crippen MR) is 62.7 cm³/mol. The van der Waals surface area contributed by atoms with Gasteiger partial charge in [-0.2, -0.15) is 4.98 Å². The Balaban J connectivity index is 2.40. The number of aromatic nitrogens is 2. The Morgan fingerprint density at radius 3 is 2.69 bits per heavy atom. The summed E-state index contributed by atoms with van der Waals surface area (Å²) < 4.78 is 10.8. The third kappa shape index (κ3) is 4.63. The second-order valence-corrected chi connectivity index (χ2v) is 4.55. The molecule has 0 unspecified atom stereocenters. The van der Waals surface area contributed by atoms with Gasteiger partial charge in [-0.3, -0.25) is 0 Å². The average molecular weight is 246 g/mol. The molecule has 16 heavy (non-hydrogen) atoms.